The number of aryl methyl sites for hydroxylation is 2. The van der Waals surface area contributed by atoms with Crippen LogP contribution in [-0.4, -0.2) is 26.8 Å². The topological polar surface area (TPSA) is 87.8 Å². The van der Waals surface area contributed by atoms with Gasteiger partial charge in [0.2, 0.25) is 5.91 Å². The molecule has 1 fully saturated rings. The predicted molar refractivity (Wildman–Crippen MR) is 127 cm³/mol. The van der Waals surface area contributed by atoms with Gasteiger partial charge in [0.15, 0.2) is 5.16 Å². The van der Waals surface area contributed by atoms with Gasteiger partial charge < -0.3 is 5.32 Å². The van der Waals surface area contributed by atoms with Gasteiger partial charge in [-0.15, -0.1) is 11.3 Å². The third-order valence-corrected chi connectivity index (χ3v) is 8.56. The molecule has 2 heterocycles. The molecule has 170 valence electrons. The van der Waals surface area contributed by atoms with E-state index in [0.717, 1.165) is 55.9 Å². The van der Waals surface area contributed by atoms with Gasteiger partial charge in [0, 0.05) is 4.88 Å². The Morgan fingerprint density at radius 1 is 1.24 bits per heavy atom. The summed E-state index contributed by atoms with van der Waals surface area (Å²) in [6, 6.07) is 8.37. The van der Waals surface area contributed by atoms with Crippen LogP contribution >= 0.6 is 23.1 Å². The van der Waals surface area contributed by atoms with Crippen molar-refractivity contribution in [2.75, 3.05) is 5.75 Å². The van der Waals surface area contributed by atoms with Gasteiger partial charge in [-0.05, 0) is 69.1 Å². The van der Waals surface area contributed by atoms with Crippen LogP contribution in [0.3, 0.4) is 0 Å². The van der Waals surface area contributed by atoms with Crippen molar-refractivity contribution in [3.63, 3.8) is 0 Å². The Kier molecular flexibility index (Phi) is 5.97. The van der Waals surface area contributed by atoms with Gasteiger partial charge in [-0.1, -0.05) is 23.9 Å². The summed E-state index contributed by atoms with van der Waals surface area (Å²) in [6.07, 6.45) is 6.98. The molecule has 0 radical (unpaired) electrons. The second-order valence-electron chi connectivity index (χ2n) is 8.62. The van der Waals surface area contributed by atoms with Crippen molar-refractivity contribution in [1.82, 2.24) is 14.9 Å². The summed E-state index contributed by atoms with van der Waals surface area (Å²) >= 11 is 2.62. The minimum absolute atomic E-state index is 0.0130. The zero-order chi connectivity index (χ0) is 23.0. The highest BCUT2D eigenvalue weighted by Gasteiger charge is 2.35. The molecule has 0 bridgehead atoms. The average molecular weight is 483 g/mol. The predicted octanol–water partition coefficient (Wildman–Crippen LogP) is 4.51. The molecule has 2 aliphatic carbocycles. The number of carbonyl (C=O) groups is 1. The van der Waals surface area contributed by atoms with E-state index in [4.69, 9.17) is 4.98 Å². The maximum Gasteiger partial charge on any atom is 0.267 e. The molecule has 0 saturated heterocycles. The number of nitriles is 1. The summed E-state index contributed by atoms with van der Waals surface area (Å²) in [5, 5.41) is 13.3. The Bertz CT molecular complexity index is 1330. The van der Waals surface area contributed by atoms with Crippen LogP contribution in [0.1, 0.15) is 49.0 Å². The fraction of sp³-hybridized carbons (Fsp3) is 0.417. The van der Waals surface area contributed by atoms with Gasteiger partial charge in [0.25, 0.3) is 5.56 Å². The monoisotopic (exact) mass is 482 g/mol. The van der Waals surface area contributed by atoms with Gasteiger partial charge in [-0.2, -0.15) is 5.26 Å². The SMILES string of the molecule is N#CC1(NC(=O)CSc2nc3sc4c(c3c(=O)n2-c2ccccc2F)CCCC4)CCCC1. The van der Waals surface area contributed by atoms with Gasteiger partial charge >= 0.3 is 0 Å². The van der Waals surface area contributed by atoms with E-state index in [-0.39, 0.29) is 28.1 Å². The number of thioether (sulfide) groups is 1. The summed E-state index contributed by atoms with van der Waals surface area (Å²) in [7, 11) is 0. The summed E-state index contributed by atoms with van der Waals surface area (Å²) < 4.78 is 16.1. The number of hydrogen-bond acceptors (Lipinski definition) is 6. The van der Waals surface area contributed by atoms with Crippen molar-refractivity contribution in [3.8, 4) is 11.8 Å². The molecular weight excluding hydrogens is 459 g/mol. The van der Waals surface area contributed by atoms with Gasteiger partial charge in [0.05, 0.1) is 22.9 Å². The lowest BCUT2D eigenvalue weighted by molar-refractivity contribution is -0.119. The third-order valence-electron chi connectivity index (χ3n) is 6.43. The maximum absolute atomic E-state index is 14.8. The van der Waals surface area contributed by atoms with E-state index in [1.807, 2.05) is 0 Å². The Hall–Kier alpha value is -2.70. The Morgan fingerprint density at radius 3 is 2.76 bits per heavy atom. The Morgan fingerprint density at radius 2 is 2.00 bits per heavy atom. The summed E-state index contributed by atoms with van der Waals surface area (Å²) in [4.78, 5) is 32.9. The van der Waals surface area contributed by atoms with Crippen molar-refractivity contribution in [2.24, 2.45) is 0 Å². The number of hydrogen-bond donors (Lipinski definition) is 1. The zero-order valence-corrected chi connectivity index (χ0v) is 19.7. The average Bonchev–Trinajstić information content (AvgIpc) is 3.43. The van der Waals surface area contributed by atoms with Crippen molar-refractivity contribution >= 4 is 39.2 Å². The van der Waals surface area contributed by atoms with Crippen LogP contribution in [0.5, 0.6) is 0 Å². The highest BCUT2D eigenvalue weighted by molar-refractivity contribution is 7.99. The molecule has 0 atom stereocenters. The van der Waals surface area contributed by atoms with Gasteiger partial charge in [0.1, 0.15) is 16.2 Å². The fourth-order valence-electron chi connectivity index (χ4n) is 4.81. The molecule has 9 heteroatoms. The summed E-state index contributed by atoms with van der Waals surface area (Å²) in [5.74, 6) is -0.824. The van der Waals surface area contributed by atoms with Crippen LogP contribution in [0.4, 0.5) is 4.39 Å². The Balaban J connectivity index is 1.54. The van der Waals surface area contributed by atoms with E-state index >= 15 is 0 Å². The van der Waals surface area contributed by atoms with Gasteiger partial charge in [-0.3, -0.25) is 14.2 Å². The second kappa shape index (κ2) is 8.92. The number of rotatable bonds is 5. The molecule has 1 amide bonds. The molecule has 1 saturated carbocycles. The summed E-state index contributed by atoms with van der Waals surface area (Å²) in [6.45, 7) is 0. The largest absolute Gasteiger partial charge is 0.337 e. The highest BCUT2D eigenvalue weighted by atomic mass is 32.2. The van der Waals surface area contributed by atoms with E-state index < -0.39 is 11.4 Å². The van der Waals surface area contributed by atoms with Crippen molar-refractivity contribution < 1.29 is 9.18 Å². The van der Waals surface area contributed by atoms with Crippen LogP contribution in [0.25, 0.3) is 15.9 Å². The number of nitrogens with zero attached hydrogens (tertiary/aromatic N) is 3. The number of halogens is 1. The molecule has 0 aliphatic heterocycles. The standard InChI is InChI=1S/C24H23FN4O2S2/c25-16-8-2-3-9-17(16)29-22(31)20-15-7-1-4-10-18(15)33-21(20)27-23(29)32-13-19(30)28-24(14-26)11-5-6-12-24/h2-3,8-9H,1,4-7,10-13H2,(H,28,30). The van der Waals surface area contributed by atoms with Crippen LogP contribution in [-0.2, 0) is 17.6 Å². The van der Waals surface area contributed by atoms with Crippen molar-refractivity contribution in [3.05, 3.63) is 50.9 Å². The first kappa shape index (κ1) is 22.1. The molecule has 0 spiro atoms. The van der Waals surface area contributed by atoms with E-state index in [0.29, 0.717) is 23.1 Å². The first-order valence-corrected chi connectivity index (χ1v) is 13.0. The smallest absolute Gasteiger partial charge is 0.267 e. The molecular formula is C24H23FN4O2S2. The summed E-state index contributed by atoms with van der Waals surface area (Å²) in [5.41, 5.74) is 0.0550. The number of benzene rings is 1. The number of fused-ring (bicyclic) bond motifs is 3. The van der Waals surface area contributed by atoms with E-state index in [1.165, 1.54) is 26.8 Å². The van der Waals surface area contributed by atoms with Gasteiger partial charge in [-0.25, -0.2) is 9.37 Å². The number of carbonyl (C=O) groups excluding carboxylic acids is 1. The molecule has 2 aromatic heterocycles. The van der Waals surface area contributed by atoms with Crippen LogP contribution in [0.2, 0.25) is 0 Å². The fourth-order valence-corrected chi connectivity index (χ4v) is 6.91. The number of amides is 1. The van der Waals surface area contributed by atoms with E-state index in [9.17, 15) is 19.2 Å². The minimum atomic E-state index is -0.812. The number of para-hydroxylation sites is 1. The minimum Gasteiger partial charge on any atom is -0.337 e. The van der Waals surface area contributed by atoms with E-state index in [1.54, 1.807) is 18.2 Å². The van der Waals surface area contributed by atoms with E-state index in [2.05, 4.69) is 11.4 Å². The molecule has 33 heavy (non-hydrogen) atoms. The highest BCUT2D eigenvalue weighted by Crippen LogP contribution is 2.35. The number of thiophene rings is 1. The molecule has 5 rings (SSSR count). The molecule has 3 aromatic rings. The zero-order valence-electron chi connectivity index (χ0n) is 18.0. The van der Waals surface area contributed by atoms with Crippen LogP contribution in [0.15, 0.2) is 34.2 Å². The first-order valence-electron chi connectivity index (χ1n) is 11.2. The van der Waals surface area contributed by atoms with Crippen LogP contribution in [0, 0.1) is 17.1 Å². The Labute approximate surface area is 198 Å². The molecule has 2 aliphatic rings. The molecule has 0 unspecified atom stereocenters. The molecule has 1 aromatic carbocycles. The third kappa shape index (κ3) is 4.06. The lowest BCUT2D eigenvalue weighted by Gasteiger charge is -2.22. The second-order valence-corrected chi connectivity index (χ2v) is 10.6. The van der Waals surface area contributed by atoms with Crippen molar-refractivity contribution in [2.45, 2.75) is 62.1 Å². The maximum atomic E-state index is 14.8. The molecule has 1 N–H and O–H groups in total. The normalized spacial score (nSPS) is 17.0. The lowest BCUT2D eigenvalue weighted by atomic mass is 9.97. The number of aromatic nitrogens is 2. The molecule has 6 nitrogen and oxygen atoms in total. The number of nitrogens with one attached hydrogen (secondary N) is 1. The van der Waals surface area contributed by atoms with Crippen molar-refractivity contribution in [1.29, 1.82) is 5.26 Å². The first-order chi connectivity index (χ1) is 16.0. The lowest BCUT2D eigenvalue weighted by Crippen LogP contribution is -2.45. The quantitative estimate of drug-likeness (QED) is 0.427. The van der Waals surface area contributed by atoms with Crippen LogP contribution < -0.4 is 10.9 Å².